The van der Waals surface area contributed by atoms with Crippen LogP contribution in [0.3, 0.4) is 0 Å². The van der Waals surface area contributed by atoms with Gasteiger partial charge in [-0.2, -0.15) is 11.8 Å². The number of thioether (sulfide) groups is 1. The number of alkyl halides is 1. The van der Waals surface area contributed by atoms with Crippen molar-refractivity contribution in [3.63, 3.8) is 0 Å². The summed E-state index contributed by atoms with van der Waals surface area (Å²) in [6, 6.07) is 0. The molecule has 2 atom stereocenters. The van der Waals surface area contributed by atoms with Gasteiger partial charge in [0.15, 0.2) is 9.84 Å². The molecule has 0 bridgehead atoms. The van der Waals surface area contributed by atoms with Gasteiger partial charge in [-0.15, -0.1) is 0 Å². The molecule has 5 heteroatoms. The molecular formula is C8H15BrO2S2. The van der Waals surface area contributed by atoms with E-state index in [4.69, 9.17) is 0 Å². The minimum Gasteiger partial charge on any atom is -0.229 e. The monoisotopic (exact) mass is 286 g/mol. The van der Waals surface area contributed by atoms with E-state index in [1.165, 1.54) is 0 Å². The molecule has 2 nitrogen and oxygen atoms in total. The molecule has 1 saturated heterocycles. The summed E-state index contributed by atoms with van der Waals surface area (Å²) < 4.78 is 22.4. The topological polar surface area (TPSA) is 34.1 Å². The van der Waals surface area contributed by atoms with Crippen LogP contribution in [0.4, 0.5) is 0 Å². The zero-order valence-electron chi connectivity index (χ0n) is 7.70. The van der Waals surface area contributed by atoms with E-state index >= 15 is 0 Å². The first-order chi connectivity index (χ1) is 6.05. The third-order valence-electron chi connectivity index (χ3n) is 2.38. The standard InChI is InChI=1S/C8H15BrO2S2/c1-12-4-2-8(9)7-3-5-13(10,11)6-7/h7-8H,2-6H2,1H3. The quantitative estimate of drug-likeness (QED) is 0.741. The van der Waals surface area contributed by atoms with Crippen molar-refractivity contribution in [3.05, 3.63) is 0 Å². The number of hydrogen-bond acceptors (Lipinski definition) is 3. The van der Waals surface area contributed by atoms with Gasteiger partial charge in [-0.05, 0) is 30.8 Å². The largest absolute Gasteiger partial charge is 0.229 e. The van der Waals surface area contributed by atoms with Crippen LogP contribution in [0, 0.1) is 5.92 Å². The van der Waals surface area contributed by atoms with Gasteiger partial charge in [0, 0.05) is 4.83 Å². The molecule has 0 N–H and O–H groups in total. The Bertz CT molecular complexity index is 251. The van der Waals surface area contributed by atoms with Crippen molar-refractivity contribution in [2.24, 2.45) is 5.92 Å². The van der Waals surface area contributed by atoms with E-state index in [9.17, 15) is 8.42 Å². The Balaban J connectivity index is 2.37. The Morgan fingerprint density at radius 1 is 1.62 bits per heavy atom. The molecule has 0 aromatic rings. The van der Waals surface area contributed by atoms with E-state index in [1.54, 1.807) is 0 Å². The molecule has 0 aromatic carbocycles. The van der Waals surface area contributed by atoms with Crippen LogP contribution in [0.2, 0.25) is 0 Å². The number of hydrogen-bond donors (Lipinski definition) is 0. The molecule has 0 spiro atoms. The molecule has 1 heterocycles. The lowest BCUT2D eigenvalue weighted by Gasteiger charge is -2.14. The van der Waals surface area contributed by atoms with Crippen LogP contribution in [-0.4, -0.2) is 36.8 Å². The fraction of sp³-hybridized carbons (Fsp3) is 1.00. The first kappa shape index (κ1) is 11.9. The summed E-state index contributed by atoms with van der Waals surface area (Å²) >= 11 is 5.39. The van der Waals surface area contributed by atoms with Crippen molar-refractivity contribution < 1.29 is 8.42 Å². The fourth-order valence-electron chi connectivity index (χ4n) is 1.58. The van der Waals surface area contributed by atoms with E-state index in [0.29, 0.717) is 22.3 Å². The Labute approximate surface area is 92.9 Å². The summed E-state index contributed by atoms with van der Waals surface area (Å²) in [7, 11) is -2.70. The normalized spacial score (nSPS) is 28.9. The molecule has 0 aromatic heterocycles. The summed E-state index contributed by atoms with van der Waals surface area (Å²) in [4.78, 5) is 0.386. The van der Waals surface area contributed by atoms with Gasteiger partial charge in [-0.25, -0.2) is 8.42 Å². The van der Waals surface area contributed by atoms with Crippen LogP contribution in [0.5, 0.6) is 0 Å². The van der Waals surface area contributed by atoms with Gasteiger partial charge in [0.1, 0.15) is 0 Å². The van der Waals surface area contributed by atoms with Crippen molar-refractivity contribution in [1.82, 2.24) is 0 Å². The van der Waals surface area contributed by atoms with Gasteiger partial charge in [0.05, 0.1) is 11.5 Å². The smallest absolute Gasteiger partial charge is 0.150 e. The second kappa shape index (κ2) is 5.03. The minimum absolute atomic E-state index is 0.345. The predicted molar refractivity (Wildman–Crippen MR) is 62.5 cm³/mol. The lowest BCUT2D eigenvalue weighted by molar-refractivity contribution is 0.558. The average molecular weight is 287 g/mol. The van der Waals surface area contributed by atoms with Crippen molar-refractivity contribution in [2.75, 3.05) is 23.5 Å². The van der Waals surface area contributed by atoms with E-state index < -0.39 is 9.84 Å². The van der Waals surface area contributed by atoms with E-state index in [1.807, 2.05) is 11.8 Å². The van der Waals surface area contributed by atoms with Crippen LogP contribution >= 0.6 is 27.7 Å². The Kier molecular flexibility index (Phi) is 4.58. The van der Waals surface area contributed by atoms with Crippen LogP contribution in [0.25, 0.3) is 0 Å². The highest BCUT2D eigenvalue weighted by Crippen LogP contribution is 2.28. The van der Waals surface area contributed by atoms with E-state index in [-0.39, 0.29) is 0 Å². The minimum atomic E-state index is -2.70. The van der Waals surface area contributed by atoms with Crippen LogP contribution in [-0.2, 0) is 9.84 Å². The highest BCUT2D eigenvalue weighted by atomic mass is 79.9. The molecule has 2 unspecified atom stereocenters. The van der Waals surface area contributed by atoms with Gasteiger partial charge in [0.2, 0.25) is 0 Å². The average Bonchev–Trinajstić information content (AvgIpc) is 2.42. The lowest BCUT2D eigenvalue weighted by atomic mass is 10.0. The zero-order chi connectivity index (χ0) is 9.90. The van der Waals surface area contributed by atoms with Gasteiger partial charge < -0.3 is 0 Å². The van der Waals surface area contributed by atoms with Gasteiger partial charge >= 0.3 is 0 Å². The summed E-state index contributed by atoms with van der Waals surface area (Å²) in [6.45, 7) is 0. The SMILES string of the molecule is CSCCC(Br)C1CCS(=O)(=O)C1. The summed E-state index contributed by atoms with van der Waals surface area (Å²) in [5.74, 6) is 2.22. The van der Waals surface area contributed by atoms with Gasteiger partial charge in [0.25, 0.3) is 0 Å². The highest BCUT2D eigenvalue weighted by Gasteiger charge is 2.31. The van der Waals surface area contributed by atoms with Crippen molar-refractivity contribution in [2.45, 2.75) is 17.7 Å². The maximum absolute atomic E-state index is 11.2. The van der Waals surface area contributed by atoms with Gasteiger partial charge in [-0.3, -0.25) is 0 Å². The second-order valence-corrected chi connectivity index (χ2v) is 7.85. The van der Waals surface area contributed by atoms with Crippen LogP contribution < -0.4 is 0 Å². The molecular weight excluding hydrogens is 272 g/mol. The third kappa shape index (κ3) is 3.80. The molecule has 0 amide bonds. The van der Waals surface area contributed by atoms with Gasteiger partial charge in [-0.1, -0.05) is 15.9 Å². The molecule has 78 valence electrons. The van der Waals surface area contributed by atoms with Crippen molar-refractivity contribution in [3.8, 4) is 0 Å². The van der Waals surface area contributed by atoms with E-state index in [2.05, 4.69) is 22.2 Å². The maximum atomic E-state index is 11.2. The molecule has 1 aliphatic heterocycles. The van der Waals surface area contributed by atoms with Crippen molar-refractivity contribution in [1.29, 1.82) is 0 Å². The van der Waals surface area contributed by atoms with Crippen LogP contribution in [0.1, 0.15) is 12.8 Å². The van der Waals surface area contributed by atoms with Crippen molar-refractivity contribution >= 4 is 37.5 Å². The number of sulfone groups is 1. The molecule has 0 radical (unpaired) electrons. The molecule has 13 heavy (non-hydrogen) atoms. The maximum Gasteiger partial charge on any atom is 0.150 e. The fourth-order valence-corrected chi connectivity index (χ4v) is 5.18. The summed E-state index contributed by atoms with van der Waals surface area (Å²) in [6.07, 6.45) is 3.99. The molecule has 1 fully saturated rings. The zero-order valence-corrected chi connectivity index (χ0v) is 10.9. The molecule has 0 saturated carbocycles. The Hall–Kier alpha value is 0.780. The predicted octanol–water partition coefficient (Wildman–Crippen LogP) is 1.94. The highest BCUT2D eigenvalue weighted by molar-refractivity contribution is 9.09. The third-order valence-corrected chi connectivity index (χ3v) is 6.02. The Morgan fingerprint density at radius 3 is 2.77 bits per heavy atom. The molecule has 1 aliphatic rings. The lowest BCUT2D eigenvalue weighted by Crippen LogP contribution is -2.16. The first-order valence-corrected chi connectivity index (χ1v) is 8.51. The van der Waals surface area contributed by atoms with Crippen LogP contribution in [0.15, 0.2) is 0 Å². The van der Waals surface area contributed by atoms with E-state index in [0.717, 1.165) is 18.6 Å². The molecule has 0 aliphatic carbocycles. The number of rotatable bonds is 4. The molecule has 1 rings (SSSR count). The summed E-state index contributed by atoms with van der Waals surface area (Å²) in [5, 5.41) is 0. The summed E-state index contributed by atoms with van der Waals surface area (Å²) in [5.41, 5.74) is 0. The second-order valence-electron chi connectivity index (χ2n) is 3.46. The number of halogens is 1. The Morgan fingerprint density at radius 2 is 2.31 bits per heavy atom. The first-order valence-electron chi connectivity index (χ1n) is 4.38.